The molecule has 19 heavy (non-hydrogen) atoms. The summed E-state index contributed by atoms with van der Waals surface area (Å²) in [4.78, 5) is 11.7. The summed E-state index contributed by atoms with van der Waals surface area (Å²) in [5, 5.41) is 2.80. The Labute approximate surface area is 114 Å². The fourth-order valence-corrected chi connectivity index (χ4v) is 1.68. The van der Waals surface area contributed by atoms with Gasteiger partial charge in [-0.05, 0) is 24.8 Å². The molecule has 0 fully saturated rings. The Morgan fingerprint density at radius 3 is 2.84 bits per heavy atom. The van der Waals surface area contributed by atoms with Gasteiger partial charge in [-0.15, -0.1) is 0 Å². The molecule has 104 valence electrons. The van der Waals surface area contributed by atoms with E-state index < -0.39 is 6.04 Å². The van der Waals surface area contributed by atoms with E-state index in [1.54, 1.807) is 0 Å². The van der Waals surface area contributed by atoms with E-state index in [1.807, 2.05) is 30.3 Å². The molecular formula is C15H22N2O2. The van der Waals surface area contributed by atoms with Crippen molar-refractivity contribution in [3.05, 3.63) is 48.7 Å². The van der Waals surface area contributed by atoms with Gasteiger partial charge in [0.1, 0.15) is 0 Å². The molecule has 0 saturated heterocycles. The maximum Gasteiger partial charge on any atom is 0.236 e. The highest BCUT2D eigenvalue weighted by molar-refractivity contribution is 5.81. The number of nitrogens with one attached hydrogen (secondary N) is 1. The van der Waals surface area contributed by atoms with E-state index in [-0.39, 0.29) is 5.91 Å². The molecule has 0 aromatic heterocycles. The molecule has 1 aromatic carbocycles. The van der Waals surface area contributed by atoms with Gasteiger partial charge in [0.15, 0.2) is 0 Å². The predicted molar refractivity (Wildman–Crippen MR) is 76.5 cm³/mol. The summed E-state index contributed by atoms with van der Waals surface area (Å²) in [7, 11) is 0. The number of benzene rings is 1. The van der Waals surface area contributed by atoms with Gasteiger partial charge in [-0.1, -0.05) is 36.9 Å². The first-order chi connectivity index (χ1) is 9.24. The van der Waals surface area contributed by atoms with Crippen LogP contribution in [0.2, 0.25) is 0 Å². The van der Waals surface area contributed by atoms with E-state index in [0.717, 1.165) is 12.8 Å². The lowest BCUT2D eigenvalue weighted by molar-refractivity contribution is -0.122. The third kappa shape index (κ3) is 6.62. The van der Waals surface area contributed by atoms with Crippen LogP contribution in [0.1, 0.15) is 18.4 Å². The second-order valence-corrected chi connectivity index (χ2v) is 4.31. The highest BCUT2D eigenvalue weighted by Crippen LogP contribution is 2.04. The van der Waals surface area contributed by atoms with Crippen molar-refractivity contribution in [2.75, 3.05) is 13.2 Å². The molecule has 1 atom stereocenters. The molecule has 0 saturated carbocycles. The Balaban J connectivity index is 2.16. The Kier molecular flexibility index (Phi) is 7.35. The number of aryl methyl sites for hydroxylation is 1. The second kappa shape index (κ2) is 9.16. The molecule has 0 aliphatic heterocycles. The number of hydrogen-bond donors (Lipinski definition) is 2. The molecule has 1 aromatic rings. The second-order valence-electron chi connectivity index (χ2n) is 4.31. The summed E-state index contributed by atoms with van der Waals surface area (Å²) in [5.41, 5.74) is 7.05. The summed E-state index contributed by atoms with van der Waals surface area (Å²) in [6.07, 6.45) is 3.62. The summed E-state index contributed by atoms with van der Waals surface area (Å²) < 4.78 is 4.96. The average molecular weight is 262 g/mol. The van der Waals surface area contributed by atoms with Gasteiger partial charge in [-0.2, -0.15) is 0 Å². The molecule has 4 nitrogen and oxygen atoms in total. The average Bonchev–Trinajstić information content (AvgIpc) is 2.45. The molecule has 3 N–H and O–H groups in total. The third-order valence-electron chi connectivity index (χ3n) is 2.78. The number of carbonyl (C=O) groups excluding carboxylic acids is 1. The smallest absolute Gasteiger partial charge is 0.236 e. The zero-order valence-corrected chi connectivity index (χ0v) is 11.2. The topological polar surface area (TPSA) is 64.3 Å². The molecule has 0 heterocycles. The highest BCUT2D eigenvalue weighted by atomic mass is 16.5. The molecule has 1 rings (SSSR count). The Hall–Kier alpha value is -1.81. The standard InChI is InChI=1S/C15H22N2O2/c1-2-19-12-6-11-17-15(18)14(16)10-9-13-7-4-3-5-8-13/h2-5,7-8,14H,1,6,9-12,16H2,(H,17,18). The fourth-order valence-electron chi connectivity index (χ4n) is 1.68. The summed E-state index contributed by atoms with van der Waals surface area (Å²) >= 11 is 0. The predicted octanol–water partition coefficient (Wildman–Crippen LogP) is 1.61. The van der Waals surface area contributed by atoms with Crippen LogP contribution < -0.4 is 11.1 Å². The molecule has 0 aliphatic rings. The van der Waals surface area contributed by atoms with Gasteiger partial charge in [0, 0.05) is 6.54 Å². The number of nitrogens with two attached hydrogens (primary N) is 1. The number of rotatable bonds is 9. The molecule has 1 unspecified atom stereocenters. The molecular weight excluding hydrogens is 240 g/mol. The van der Waals surface area contributed by atoms with E-state index >= 15 is 0 Å². The highest BCUT2D eigenvalue weighted by Gasteiger charge is 2.12. The molecule has 0 bridgehead atoms. The van der Waals surface area contributed by atoms with Crippen molar-refractivity contribution < 1.29 is 9.53 Å². The van der Waals surface area contributed by atoms with Crippen LogP contribution in [0.25, 0.3) is 0 Å². The van der Waals surface area contributed by atoms with E-state index in [0.29, 0.717) is 19.6 Å². The van der Waals surface area contributed by atoms with Gasteiger partial charge >= 0.3 is 0 Å². The Morgan fingerprint density at radius 2 is 2.16 bits per heavy atom. The van der Waals surface area contributed by atoms with Crippen LogP contribution in [0.4, 0.5) is 0 Å². The lowest BCUT2D eigenvalue weighted by atomic mass is 10.1. The number of amides is 1. The number of carbonyl (C=O) groups is 1. The first-order valence-corrected chi connectivity index (χ1v) is 6.53. The third-order valence-corrected chi connectivity index (χ3v) is 2.78. The van der Waals surface area contributed by atoms with E-state index in [9.17, 15) is 4.79 Å². The largest absolute Gasteiger partial charge is 0.502 e. The summed E-state index contributed by atoms with van der Waals surface area (Å²) in [6, 6.07) is 9.57. The van der Waals surface area contributed by atoms with Crippen molar-refractivity contribution in [2.24, 2.45) is 5.73 Å². The lowest BCUT2D eigenvalue weighted by Gasteiger charge is -2.12. The van der Waals surface area contributed by atoms with Crippen molar-refractivity contribution in [2.45, 2.75) is 25.3 Å². The quantitative estimate of drug-likeness (QED) is 0.525. The molecule has 4 heteroatoms. The van der Waals surface area contributed by atoms with Crippen molar-refractivity contribution in [3.8, 4) is 0 Å². The minimum absolute atomic E-state index is 0.102. The van der Waals surface area contributed by atoms with Crippen LogP contribution in [0, 0.1) is 0 Å². The van der Waals surface area contributed by atoms with Gasteiger partial charge in [0.2, 0.25) is 5.91 Å². The van der Waals surface area contributed by atoms with Crippen molar-refractivity contribution in [1.82, 2.24) is 5.32 Å². The normalized spacial score (nSPS) is 11.6. The number of ether oxygens (including phenoxy) is 1. The van der Waals surface area contributed by atoms with Gasteiger partial charge in [-0.3, -0.25) is 4.79 Å². The van der Waals surface area contributed by atoms with Gasteiger partial charge in [0.25, 0.3) is 0 Å². The first-order valence-electron chi connectivity index (χ1n) is 6.53. The van der Waals surface area contributed by atoms with E-state index in [2.05, 4.69) is 11.9 Å². The molecule has 1 amide bonds. The zero-order chi connectivity index (χ0) is 13.9. The van der Waals surface area contributed by atoms with Crippen LogP contribution in [-0.4, -0.2) is 25.1 Å². The van der Waals surface area contributed by atoms with Gasteiger partial charge in [-0.25, -0.2) is 0 Å². The minimum Gasteiger partial charge on any atom is -0.502 e. The van der Waals surface area contributed by atoms with Gasteiger partial charge < -0.3 is 15.8 Å². The van der Waals surface area contributed by atoms with Crippen LogP contribution in [0.15, 0.2) is 43.2 Å². The molecule has 0 radical (unpaired) electrons. The Bertz CT molecular complexity index is 379. The van der Waals surface area contributed by atoms with E-state index in [4.69, 9.17) is 10.5 Å². The molecule has 0 spiro atoms. The maximum atomic E-state index is 11.7. The number of hydrogen-bond acceptors (Lipinski definition) is 3. The van der Waals surface area contributed by atoms with E-state index in [1.165, 1.54) is 11.8 Å². The zero-order valence-electron chi connectivity index (χ0n) is 11.2. The SMILES string of the molecule is C=COCCCNC(=O)C(N)CCc1ccccc1. The summed E-state index contributed by atoms with van der Waals surface area (Å²) in [6.45, 7) is 4.58. The van der Waals surface area contributed by atoms with Crippen LogP contribution in [0.3, 0.4) is 0 Å². The van der Waals surface area contributed by atoms with Crippen molar-refractivity contribution in [1.29, 1.82) is 0 Å². The van der Waals surface area contributed by atoms with Crippen LogP contribution in [0.5, 0.6) is 0 Å². The lowest BCUT2D eigenvalue weighted by Crippen LogP contribution is -2.41. The van der Waals surface area contributed by atoms with Crippen LogP contribution in [-0.2, 0) is 16.0 Å². The first kappa shape index (κ1) is 15.2. The van der Waals surface area contributed by atoms with Crippen molar-refractivity contribution >= 4 is 5.91 Å². The minimum atomic E-state index is -0.458. The maximum absolute atomic E-state index is 11.7. The van der Waals surface area contributed by atoms with Gasteiger partial charge in [0.05, 0.1) is 18.9 Å². The Morgan fingerprint density at radius 1 is 1.42 bits per heavy atom. The summed E-state index contributed by atoms with van der Waals surface area (Å²) in [5.74, 6) is -0.102. The molecule has 0 aliphatic carbocycles. The monoisotopic (exact) mass is 262 g/mol. The van der Waals surface area contributed by atoms with Crippen molar-refractivity contribution in [3.63, 3.8) is 0 Å². The fraction of sp³-hybridized carbons (Fsp3) is 0.400. The van der Waals surface area contributed by atoms with Crippen LogP contribution >= 0.6 is 0 Å².